The van der Waals surface area contributed by atoms with E-state index in [1.54, 1.807) is 18.2 Å². The summed E-state index contributed by atoms with van der Waals surface area (Å²) in [5.74, 6) is 0.233. The Hall–Kier alpha value is -3.28. The van der Waals surface area contributed by atoms with Crippen LogP contribution in [0.4, 0.5) is 5.82 Å². The van der Waals surface area contributed by atoms with Gasteiger partial charge in [-0.05, 0) is 42.8 Å². The number of pyridine rings is 1. The Morgan fingerprint density at radius 1 is 1.11 bits per heavy atom. The lowest BCUT2D eigenvalue weighted by Crippen LogP contribution is -2.31. The van der Waals surface area contributed by atoms with E-state index in [9.17, 15) is 4.79 Å². The number of anilines is 1. The highest BCUT2D eigenvalue weighted by molar-refractivity contribution is 5.93. The van der Waals surface area contributed by atoms with Gasteiger partial charge in [0.1, 0.15) is 5.82 Å². The van der Waals surface area contributed by atoms with Gasteiger partial charge in [0, 0.05) is 35.0 Å². The lowest BCUT2D eigenvalue weighted by atomic mass is 9.83. The van der Waals surface area contributed by atoms with Crippen molar-refractivity contribution >= 4 is 11.7 Å². The average Bonchev–Trinajstić information content (AvgIpc) is 2.73. The van der Waals surface area contributed by atoms with Crippen LogP contribution in [0, 0.1) is 0 Å². The Labute approximate surface area is 158 Å². The van der Waals surface area contributed by atoms with E-state index < -0.39 is 5.91 Å². The number of rotatable bonds is 7. The lowest BCUT2D eigenvalue weighted by molar-refractivity contribution is 0.100. The first-order chi connectivity index (χ1) is 13.0. The van der Waals surface area contributed by atoms with E-state index in [-0.39, 0.29) is 5.41 Å². The maximum Gasteiger partial charge on any atom is 0.248 e. The van der Waals surface area contributed by atoms with Crippen molar-refractivity contribution in [2.75, 3.05) is 11.9 Å². The first-order valence-corrected chi connectivity index (χ1v) is 8.91. The third-order valence-electron chi connectivity index (χ3n) is 4.83. The van der Waals surface area contributed by atoms with Crippen molar-refractivity contribution in [2.45, 2.75) is 25.7 Å². The molecule has 0 aliphatic carbocycles. The number of aromatic nitrogens is 3. The minimum absolute atomic E-state index is 0.0998. The SMILES string of the molecule is CCC(C)(CNc1ccc(-c2cccc(C(N)=O)c2)nn1)c1ccccn1. The largest absolute Gasteiger partial charge is 0.368 e. The van der Waals surface area contributed by atoms with Crippen LogP contribution in [0.15, 0.2) is 60.8 Å². The fraction of sp³-hybridized carbons (Fsp3) is 0.238. The van der Waals surface area contributed by atoms with Gasteiger partial charge < -0.3 is 11.1 Å². The van der Waals surface area contributed by atoms with Crippen molar-refractivity contribution in [1.82, 2.24) is 15.2 Å². The molecule has 1 atom stereocenters. The molecule has 6 nitrogen and oxygen atoms in total. The van der Waals surface area contributed by atoms with Crippen molar-refractivity contribution in [3.8, 4) is 11.3 Å². The summed E-state index contributed by atoms with van der Waals surface area (Å²) in [6.45, 7) is 5.03. The molecule has 0 bridgehead atoms. The average molecular weight is 361 g/mol. The van der Waals surface area contributed by atoms with Crippen LogP contribution in [-0.4, -0.2) is 27.6 Å². The van der Waals surface area contributed by atoms with Gasteiger partial charge in [-0.15, -0.1) is 10.2 Å². The van der Waals surface area contributed by atoms with Gasteiger partial charge in [-0.2, -0.15) is 0 Å². The minimum atomic E-state index is -0.462. The van der Waals surface area contributed by atoms with E-state index in [0.29, 0.717) is 23.6 Å². The van der Waals surface area contributed by atoms with Gasteiger partial charge in [0.2, 0.25) is 5.91 Å². The zero-order valence-corrected chi connectivity index (χ0v) is 15.5. The van der Waals surface area contributed by atoms with Crippen LogP contribution < -0.4 is 11.1 Å². The standard InChI is InChI=1S/C21H23N5O/c1-3-21(2,18-9-4-5-12-23-18)14-24-19-11-10-17(25-26-19)15-7-6-8-16(13-15)20(22)27/h4-13H,3,14H2,1-2H3,(H2,22,27)(H,24,26). The Morgan fingerprint density at radius 2 is 1.96 bits per heavy atom. The van der Waals surface area contributed by atoms with Gasteiger partial charge in [0.05, 0.1) is 5.69 Å². The van der Waals surface area contributed by atoms with Gasteiger partial charge in [0.25, 0.3) is 0 Å². The summed E-state index contributed by atoms with van der Waals surface area (Å²) in [6.07, 6.45) is 2.76. The number of nitrogens with one attached hydrogen (secondary N) is 1. The highest BCUT2D eigenvalue weighted by atomic mass is 16.1. The smallest absolute Gasteiger partial charge is 0.248 e. The molecular formula is C21H23N5O. The van der Waals surface area contributed by atoms with Crippen LogP contribution >= 0.6 is 0 Å². The fourth-order valence-corrected chi connectivity index (χ4v) is 2.81. The third-order valence-corrected chi connectivity index (χ3v) is 4.83. The summed E-state index contributed by atoms with van der Waals surface area (Å²) < 4.78 is 0. The van der Waals surface area contributed by atoms with Crippen molar-refractivity contribution in [1.29, 1.82) is 0 Å². The molecule has 1 aromatic carbocycles. The van der Waals surface area contributed by atoms with E-state index in [4.69, 9.17) is 5.73 Å². The molecule has 0 spiro atoms. The zero-order chi connectivity index (χ0) is 19.3. The zero-order valence-electron chi connectivity index (χ0n) is 15.5. The predicted octanol–water partition coefficient (Wildman–Crippen LogP) is 3.42. The minimum Gasteiger partial charge on any atom is -0.368 e. The second-order valence-corrected chi connectivity index (χ2v) is 6.73. The van der Waals surface area contributed by atoms with E-state index in [1.165, 1.54) is 0 Å². The van der Waals surface area contributed by atoms with E-state index >= 15 is 0 Å². The number of hydrogen-bond acceptors (Lipinski definition) is 5. The fourth-order valence-electron chi connectivity index (χ4n) is 2.81. The maximum absolute atomic E-state index is 11.3. The molecule has 0 radical (unpaired) electrons. The van der Waals surface area contributed by atoms with Gasteiger partial charge in [-0.3, -0.25) is 9.78 Å². The molecule has 138 valence electrons. The second-order valence-electron chi connectivity index (χ2n) is 6.73. The van der Waals surface area contributed by atoms with Crippen LogP contribution in [0.5, 0.6) is 0 Å². The number of benzene rings is 1. The molecule has 0 saturated carbocycles. The molecule has 27 heavy (non-hydrogen) atoms. The van der Waals surface area contributed by atoms with E-state index in [0.717, 1.165) is 17.7 Å². The monoisotopic (exact) mass is 361 g/mol. The van der Waals surface area contributed by atoms with Gasteiger partial charge >= 0.3 is 0 Å². The quantitative estimate of drug-likeness (QED) is 0.672. The summed E-state index contributed by atoms with van der Waals surface area (Å²) in [7, 11) is 0. The predicted molar refractivity (Wildman–Crippen MR) is 106 cm³/mol. The first kappa shape index (κ1) is 18.5. The number of carbonyl (C=O) groups excluding carboxylic acids is 1. The normalized spacial score (nSPS) is 13.0. The van der Waals surface area contributed by atoms with Crippen LogP contribution in [0.25, 0.3) is 11.3 Å². The Bertz CT molecular complexity index is 911. The summed E-state index contributed by atoms with van der Waals surface area (Å²) in [4.78, 5) is 15.8. The van der Waals surface area contributed by atoms with Crippen LogP contribution in [-0.2, 0) is 5.41 Å². The molecule has 3 rings (SSSR count). The first-order valence-electron chi connectivity index (χ1n) is 8.91. The summed E-state index contributed by atoms with van der Waals surface area (Å²) in [5.41, 5.74) is 8.22. The number of amides is 1. The van der Waals surface area contributed by atoms with Crippen LogP contribution in [0.1, 0.15) is 36.3 Å². The van der Waals surface area contributed by atoms with Gasteiger partial charge in [0.15, 0.2) is 0 Å². The summed E-state index contributed by atoms with van der Waals surface area (Å²) in [5, 5.41) is 11.9. The number of hydrogen-bond donors (Lipinski definition) is 2. The number of nitrogens with two attached hydrogens (primary N) is 1. The molecule has 3 aromatic rings. The topological polar surface area (TPSA) is 93.8 Å². The Balaban J connectivity index is 1.72. The lowest BCUT2D eigenvalue weighted by Gasteiger charge is -2.28. The van der Waals surface area contributed by atoms with Crippen LogP contribution in [0.2, 0.25) is 0 Å². The molecule has 6 heteroatoms. The highest BCUT2D eigenvalue weighted by Crippen LogP contribution is 2.26. The molecular weight excluding hydrogens is 338 g/mol. The third kappa shape index (κ3) is 4.28. The summed E-state index contributed by atoms with van der Waals surface area (Å²) >= 11 is 0. The molecule has 3 N–H and O–H groups in total. The Kier molecular flexibility index (Phi) is 5.45. The molecule has 0 aliphatic rings. The van der Waals surface area contributed by atoms with Crippen molar-refractivity contribution in [3.05, 3.63) is 72.1 Å². The second kappa shape index (κ2) is 7.95. The van der Waals surface area contributed by atoms with E-state index in [2.05, 4.69) is 34.3 Å². The molecule has 2 aromatic heterocycles. The highest BCUT2D eigenvalue weighted by Gasteiger charge is 2.25. The van der Waals surface area contributed by atoms with Crippen molar-refractivity contribution in [3.63, 3.8) is 0 Å². The molecule has 0 aliphatic heterocycles. The van der Waals surface area contributed by atoms with E-state index in [1.807, 2.05) is 42.6 Å². The number of primary amides is 1. The maximum atomic E-state index is 11.3. The van der Waals surface area contributed by atoms with Crippen molar-refractivity contribution in [2.24, 2.45) is 5.73 Å². The van der Waals surface area contributed by atoms with Crippen molar-refractivity contribution < 1.29 is 4.79 Å². The van der Waals surface area contributed by atoms with Gasteiger partial charge in [-0.25, -0.2) is 0 Å². The summed E-state index contributed by atoms with van der Waals surface area (Å²) in [6, 6.07) is 16.8. The van der Waals surface area contributed by atoms with Gasteiger partial charge in [-0.1, -0.05) is 32.0 Å². The molecule has 2 heterocycles. The molecule has 1 unspecified atom stereocenters. The Morgan fingerprint density at radius 3 is 2.59 bits per heavy atom. The molecule has 0 fully saturated rings. The number of nitrogens with zero attached hydrogens (tertiary/aromatic N) is 3. The van der Waals surface area contributed by atoms with Crippen LogP contribution in [0.3, 0.4) is 0 Å². The molecule has 1 amide bonds. The number of carbonyl (C=O) groups is 1. The molecule has 0 saturated heterocycles.